The third-order valence-electron chi connectivity index (χ3n) is 4.69. The number of hydrogen-bond acceptors (Lipinski definition) is 4. The molecule has 0 unspecified atom stereocenters. The number of halogens is 1. The molecule has 1 saturated heterocycles. The maximum atomic E-state index is 12.5. The molecule has 25 heavy (non-hydrogen) atoms. The maximum Gasteiger partial charge on any atom is 0.223 e. The zero-order valence-electron chi connectivity index (χ0n) is 14.0. The lowest BCUT2D eigenvalue weighted by Crippen LogP contribution is -2.30. The summed E-state index contributed by atoms with van der Waals surface area (Å²) in [5, 5.41) is 1.88. The van der Waals surface area contributed by atoms with Crippen LogP contribution in [0.5, 0.6) is 0 Å². The van der Waals surface area contributed by atoms with Gasteiger partial charge in [-0.15, -0.1) is 23.7 Å². The maximum absolute atomic E-state index is 12.5. The Morgan fingerprint density at radius 2 is 1.84 bits per heavy atom. The monoisotopic (exact) mass is 378 g/mol. The third kappa shape index (κ3) is 4.69. The Bertz CT molecular complexity index is 691. The normalized spacial score (nSPS) is 19.5. The van der Waals surface area contributed by atoms with E-state index >= 15 is 0 Å². The predicted molar refractivity (Wildman–Crippen MR) is 103 cm³/mol. The fourth-order valence-corrected chi connectivity index (χ4v) is 4.02. The Morgan fingerprint density at radius 3 is 2.48 bits per heavy atom. The van der Waals surface area contributed by atoms with Crippen LogP contribution in [0.2, 0.25) is 0 Å². The summed E-state index contributed by atoms with van der Waals surface area (Å²) in [6, 6.07) is 13.9. The van der Waals surface area contributed by atoms with Gasteiger partial charge in [0.2, 0.25) is 5.91 Å². The number of Topliss-reactive ketones (excluding diaryl/α,β-unsaturated/α-hetero) is 1. The third-order valence-corrected chi connectivity index (χ3v) is 5.60. The van der Waals surface area contributed by atoms with E-state index in [1.165, 1.54) is 16.9 Å². The van der Waals surface area contributed by atoms with Crippen LogP contribution in [0.15, 0.2) is 47.8 Å². The summed E-state index contributed by atoms with van der Waals surface area (Å²) >= 11 is 1.43. The molecule has 0 bridgehead atoms. The van der Waals surface area contributed by atoms with Crippen molar-refractivity contribution in [1.29, 1.82) is 0 Å². The number of thiophene rings is 1. The Labute approximate surface area is 158 Å². The standard InChI is InChI=1S/C19H22N2O2S.ClH/c20-11-15-12-21(13-16(15)14-5-2-1-3-6-14)19(23)9-8-17(22)18-7-4-10-24-18;/h1-7,10,15-16H,8-9,11-13,20H2;1H/t15-,16+;/m1./s1. The van der Waals surface area contributed by atoms with Crippen molar-refractivity contribution in [2.45, 2.75) is 18.8 Å². The fourth-order valence-electron chi connectivity index (χ4n) is 3.33. The van der Waals surface area contributed by atoms with Gasteiger partial charge in [0, 0.05) is 31.8 Å². The van der Waals surface area contributed by atoms with E-state index in [1.807, 2.05) is 40.6 Å². The van der Waals surface area contributed by atoms with Crippen LogP contribution in [0, 0.1) is 5.92 Å². The number of likely N-dealkylation sites (tertiary alicyclic amines) is 1. The molecule has 3 rings (SSSR count). The fraction of sp³-hybridized carbons (Fsp3) is 0.368. The smallest absolute Gasteiger partial charge is 0.223 e. The van der Waals surface area contributed by atoms with E-state index in [1.54, 1.807) is 0 Å². The van der Waals surface area contributed by atoms with Crippen molar-refractivity contribution in [2.24, 2.45) is 11.7 Å². The average Bonchev–Trinajstić information content (AvgIpc) is 3.29. The summed E-state index contributed by atoms with van der Waals surface area (Å²) in [7, 11) is 0. The van der Waals surface area contributed by atoms with Gasteiger partial charge in [-0.2, -0.15) is 0 Å². The van der Waals surface area contributed by atoms with Crippen LogP contribution in [0.1, 0.15) is 34.0 Å². The van der Waals surface area contributed by atoms with E-state index in [9.17, 15) is 9.59 Å². The molecule has 0 spiro atoms. The van der Waals surface area contributed by atoms with Crippen molar-refractivity contribution in [3.63, 3.8) is 0 Å². The molecule has 2 N–H and O–H groups in total. The van der Waals surface area contributed by atoms with Gasteiger partial charge in [-0.1, -0.05) is 36.4 Å². The van der Waals surface area contributed by atoms with Crippen LogP contribution in [0.4, 0.5) is 0 Å². The first-order chi connectivity index (χ1) is 11.7. The molecule has 0 aliphatic carbocycles. The minimum Gasteiger partial charge on any atom is -0.342 e. The molecular weight excluding hydrogens is 356 g/mol. The Morgan fingerprint density at radius 1 is 1.08 bits per heavy atom. The highest BCUT2D eigenvalue weighted by molar-refractivity contribution is 7.12. The quantitative estimate of drug-likeness (QED) is 0.784. The summed E-state index contributed by atoms with van der Waals surface area (Å²) in [5.41, 5.74) is 7.15. The van der Waals surface area contributed by atoms with Gasteiger partial charge in [0.05, 0.1) is 4.88 Å². The van der Waals surface area contributed by atoms with Crippen LogP contribution in [-0.2, 0) is 4.79 Å². The first-order valence-electron chi connectivity index (χ1n) is 8.28. The zero-order valence-corrected chi connectivity index (χ0v) is 15.6. The molecule has 1 aromatic carbocycles. The van der Waals surface area contributed by atoms with Crippen LogP contribution in [0.25, 0.3) is 0 Å². The van der Waals surface area contributed by atoms with Crippen molar-refractivity contribution < 1.29 is 9.59 Å². The lowest BCUT2D eigenvalue weighted by molar-refractivity contribution is -0.130. The zero-order chi connectivity index (χ0) is 16.9. The predicted octanol–water partition coefficient (Wildman–Crippen LogP) is 3.33. The van der Waals surface area contributed by atoms with Gasteiger partial charge in [0.15, 0.2) is 5.78 Å². The number of nitrogens with two attached hydrogens (primary N) is 1. The summed E-state index contributed by atoms with van der Waals surface area (Å²) in [6.07, 6.45) is 0.550. The van der Waals surface area contributed by atoms with Crippen molar-refractivity contribution in [3.05, 3.63) is 58.3 Å². The van der Waals surface area contributed by atoms with Crippen molar-refractivity contribution in [2.75, 3.05) is 19.6 Å². The first-order valence-corrected chi connectivity index (χ1v) is 9.16. The molecule has 1 fully saturated rings. The number of hydrogen-bond donors (Lipinski definition) is 1. The molecule has 0 radical (unpaired) electrons. The number of carbonyl (C=O) groups is 2. The summed E-state index contributed by atoms with van der Waals surface area (Å²) in [6.45, 7) is 1.94. The average molecular weight is 379 g/mol. The van der Waals surface area contributed by atoms with Gasteiger partial charge in [0.25, 0.3) is 0 Å². The largest absolute Gasteiger partial charge is 0.342 e. The summed E-state index contributed by atoms with van der Waals surface area (Å²) in [4.78, 5) is 27.1. The number of nitrogens with zero attached hydrogens (tertiary/aromatic N) is 1. The molecule has 1 aliphatic heterocycles. The lowest BCUT2D eigenvalue weighted by atomic mass is 9.89. The van der Waals surface area contributed by atoms with Gasteiger partial charge in [0.1, 0.15) is 0 Å². The van der Waals surface area contributed by atoms with Gasteiger partial charge in [-0.05, 0) is 29.5 Å². The number of amides is 1. The highest BCUT2D eigenvalue weighted by Gasteiger charge is 2.35. The van der Waals surface area contributed by atoms with Crippen LogP contribution in [-0.4, -0.2) is 36.2 Å². The number of ketones is 1. The molecule has 1 amide bonds. The second-order valence-electron chi connectivity index (χ2n) is 6.21. The number of rotatable bonds is 6. The van der Waals surface area contributed by atoms with Crippen LogP contribution < -0.4 is 5.73 Å². The molecule has 134 valence electrons. The van der Waals surface area contributed by atoms with Crippen molar-refractivity contribution in [1.82, 2.24) is 4.90 Å². The van der Waals surface area contributed by atoms with E-state index in [0.29, 0.717) is 19.6 Å². The van der Waals surface area contributed by atoms with Gasteiger partial charge in [-0.25, -0.2) is 0 Å². The van der Waals surface area contributed by atoms with Crippen LogP contribution >= 0.6 is 23.7 Å². The number of carbonyl (C=O) groups excluding carboxylic acids is 2. The second-order valence-corrected chi connectivity index (χ2v) is 7.16. The van der Waals surface area contributed by atoms with Gasteiger partial charge in [-0.3, -0.25) is 9.59 Å². The second kappa shape index (κ2) is 9.13. The highest BCUT2D eigenvalue weighted by atomic mass is 35.5. The van der Waals surface area contributed by atoms with Crippen molar-refractivity contribution >= 4 is 35.4 Å². The highest BCUT2D eigenvalue weighted by Crippen LogP contribution is 2.32. The molecule has 1 aliphatic rings. The van der Waals surface area contributed by atoms with E-state index < -0.39 is 0 Å². The minimum atomic E-state index is 0. The Balaban J connectivity index is 0.00000225. The lowest BCUT2D eigenvalue weighted by Gasteiger charge is -2.16. The van der Waals surface area contributed by atoms with E-state index in [2.05, 4.69) is 12.1 Å². The molecule has 4 nitrogen and oxygen atoms in total. The van der Waals surface area contributed by atoms with Crippen LogP contribution in [0.3, 0.4) is 0 Å². The summed E-state index contributed by atoms with van der Waals surface area (Å²) in [5.74, 6) is 0.668. The van der Waals surface area contributed by atoms with E-state index in [4.69, 9.17) is 5.73 Å². The van der Waals surface area contributed by atoms with Gasteiger partial charge < -0.3 is 10.6 Å². The minimum absolute atomic E-state index is 0. The summed E-state index contributed by atoms with van der Waals surface area (Å²) < 4.78 is 0. The molecular formula is C19H23ClN2O2S. The number of benzene rings is 1. The van der Waals surface area contributed by atoms with E-state index in [0.717, 1.165) is 4.88 Å². The Hall–Kier alpha value is -1.69. The molecule has 1 aromatic heterocycles. The van der Waals surface area contributed by atoms with Crippen molar-refractivity contribution in [3.8, 4) is 0 Å². The topological polar surface area (TPSA) is 63.4 Å². The molecule has 2 aromatic rings. The Kier molecular flexibility index (Phi) is 7.17. The molecule has 2 atom stereocenters. The molecule has 2 heterocycles. The molecule has 6 heteroatoms. The van der Waals surface area contributed by atoms with Gasteiger partial charge >= 0.3 is 0 Å². The van der Waals surface area contributed by atoms with E-state index in [-0.39, 0.29) is 48.8 Å². The SMILES string of the molecule is Cl.NC[C@@H]1CN(C(=O)CCC(=O)c2cccs2)C[C@H]1c1ccccc1. The molecule has 0 saturated carbocycles. The first kappa shape index (κ1) is 19.6.